The number of hydrogen-bond donors (Lipinski definition) is 4. The summed E-state index contributed by atoms with van der Waals surface area (Å²) in [7, 11) is 4.35. The maximum absolute atomic E-state index is 13.3. The fraction of sp³-hybridized carbons (Fsp3) is 0.536. The van der Waals surface area contributed by atoms with Gasteiger partial charge in [-0.3, -0.25) is 4.79 Å². The Balaban J connectivity index is 1.53. The Morgan fingerprint density at radius 3 is 2.27 bits per heavy atom. The Bertz CT molecular complexity index is 1210. The van der Waals surface area contributed by atoms with Crippen molar-refractivity contribution in [1.82, 2.24) is 0 Å². The molecule has 3 aliphatic heterocycles. The van der Waals surface area contributed by atoms with E-state index in [1.165, 1.54) is 21.3 Å². The van der Waals surface area contributed by atoms with Crippen molar-refractivity contribution in [3.05, 3.63) is 41.5 Å². The molecule has 0 amide bonds. The maximum atomic E-state index is 13.3. The molecule has 0 aliphatic carbocycles. The highest BCUT2D eigenvalue weighted by atomic mass is 16.7. The predicted octanol–water partition coefficient (Wildman–Crippen LogP) is 0.331. The highest BCUT2D eigenvalue weighted by molar-refractivity contribution is 5.76. The Hall–Kier alpha value is -3.33. The van der Waals surface area contributed by atoms with Crippen LogP contribution in [0.15, 0.2) is 30.3 Å². The highest BCUT2D eigenvalue weighted by Gasteiger charge is 2.49. The lowest BCUT2D eigenvalue weighted by Gasteiger charge is -2.41. The number of methoxy groups -OCH3 is 3. The molecule has 41 heavy (non-hydrogen) atoms. The summed E-state index contributed by atoms with van der Waals surface area (Å²) in [5, 5.41) is 41.1. The average Bonchev–Trinajstić information content (AvgIpc) is 3.60. The topological polar surface area (TPSA) is 172 Å². The van der Waals surface area contributed by atoms with E-state index in [4.69, 9.17) is 37.9 Å². The molecule has 3 aliphatic rings. The number of aliphatic hydroxyl groups is 4. The Kier molecular flexibility index (Phi) is 8.73. The molecule has 8 atom stereocenters. The molecule has 8 unspecified atom stereocenters. The standard InChI is InChI=1S/C28H34O13/c1-34-18-8-14(9-19(35-2)26(18)36-3)25(41-28-24(32)23(31)22(30)20(10-29)40-28)21-15(11-37-27(21)33)6-13-4-5-16-17(7-13)39-12-38-16/h4-5,7-9,15,20-25,28-32H,6,10-12H2,1-3H3. The zero-order valence-electron chi connectivity index (χ0n) is 22.8. The van der Waals surface area contributed by atoms with Gasteiger partial charge in [0.1, 0.15) is 24.4 Å². The first-order valence-electron chi connectivity index (χ1n) is 13.1. The van der Waals surface area contributed by atoms with Gasteiger partial charge < -0.3 is 58.3 Å². The fourth-order valence-electron chi connectivity index (χ4n) is 5.47. The molecule has 2 saturated heterocycles. The van der Waals surface area contributed by atoms with Crippen LogP contribution in [0.2, 0.25) is 0 Å². The molecule has 13 heteroatoms. The summed E-state index contributed by atoms with van der Waals surface area (Å²) in [6.07, 6.45) is -8.38. The summed E-state index contributed by atoms with van der Waals surface area (Å²) in [4.78, 5) is 13.3. The van der Waals surface area contributed by atoms with Crippen LogP contribution in [0.5, 0.6) is 28.7 Å². The van der Waals surface area contributed by atoms with E-state index >= 15 is 0 Å². The van der Waals surface area contributed by atoms with Crippen LogP contribution in [0.1, 0.15) is 17.2 Å². The number of cyclic esters (lactones) is 1. The Morgan fingerprint density at radius 2 is 1.61 bits per heavy atom. The molecule has 0 radical (unpaired) electrons. The van der Waals surface area contributed by atoms with Crippen LogP contribution in [-0.4, -0.2) is 98.4 Å². The minimum Gasteiger partial charge on any atom is -0.493 e. The Morgan fingerprint density at radius 1 is 0.902 bits per heavy atom. The van der Waals surface area contributed by atoms with Crippen molar-refractivity contribution in [1.29, 1.82) is 0 Å². The SMILES string of the molecule is COc1cc(C(OC2OC(CO)C(O)C(O)C2O)C2C(=O)OCC2Cc2ccc3c(c2)OCO3)cc(OC)c1OC. The fourth-order valence-corrected chi connectivity index (χ4v) is 5.47. The van der Waals surface area contributed by atoms with Crippen LogP contribution in [0.25, 0.3) is 0 Å². The molecule has 2 aromatic carbocycles. The summed E-state index contributed by atoms with van der Waals surface area (Å²) >= 11 is 0. The van der Waals surface area contributed by atoms with Crippen molar-refractivity contribution in [3.8, 4) is 28.7 Å². The van der Waals surface area contributed by atoms with Crippen LogP contribution in [0, 0.1) is 11.8 Å². The van der Waals surface area contributed by atoms with Gasteiger partial charge in [0.25, 0.3) is 0 Å². The van der Waals surface area contributed by atoms with Gasteiger partial charge >= 0.3 is 5.97 Å². The molecule has 5 rings (SSSR count). The molecule has 0 saturated carbocycles. The quantitative estimate of drug-likeness (QED) is 0.285. The van der Waals surface area contributed by atoms with E-state index in [0.717, 1.165) is 5.56 Å². The summed E-state index contributed by atoms with van der Waals surface area (Å²) < 4.78 is 44.8. The number of fused-ring (bicyclic) bond motifs is 1. The van der Waals surface area contributed by atoms with Crippen molar-refractivity contribution in [2.75, 3.05) is 41.3 Å². The number of benzene rings is 2. The normalized spacial score (nSPS) is 29.6. The summed E-state index contributed by atoms with van der Waals surface area (Å²) in [6, 6.07) is 8.74. The zero-order chi connectivity index (χ0) is 29.3. The second-order valence-corrected chi connectivity index (χ2v) is 10.0. The van der Waals surface area contributed by atoms with Crippen molar-refractivity contribution in [2.45, 2.75) is 43.2 Å². The number of rotatable bonds is 10. The van der Waals surface area contributed by atoms with Gasteiger partial charge in [-0.2, -0.15) is 0 Å². The molecule has 3 heterocycles. The molecular weight excluding hydrogens is 544 g/mol. The largest absolute Gasteiger partial charge is 0.493 e. The lowest BCUT2D eigenvalue weighted by atomic mass is 9.82. The van der Waals surface area contributed by atoms with Gasteiger partial charge in [0.2, 0.25) is 12.5 Å². The molecule has 0 bridgehead atoms. The number of hydrogen-bond acceptors (Lipinski definition) is 13. The van der Waals surface area contributed by atoms with E-state index in [2.05, 4.69) is 0 Å². The maximum Gasteiger partial charge on any atom is 0.312 e. The Labute approximate surface area is 236 Å². The van der Waals surface area contributed by atoms with Crippen molar-refractivity contribution in [3.63, 3.8) is 0 Å². The second kappa shape index (κ2) is 12.3. The van der Waals surface area contributed by atoms with Crippen molar-refractivity contribution >= 4 is 5.97 Å². The summed E-state index contributed by atoms with van der Waals surface area (Å²) in [5.74, 6) is 0.294. The minimum atomic E-state index is -1.69. The number of aliphatic hydroxyl groups excluding tert-OH is 4. The third-order valence-corrected chi connectivity index (χ3v) is 7.63. The monoisotopic (exact) mass is 578 g/mol. The molecular formula is C28H34O13. The van der Waals surface area contributed by atoms with Gasteiger partial charge in [-0.15, -0.1) is 0 Å². The minimum absolute atomic E-state index is 0.0942. The van der Waals surface area contributed by atoms with Crippen molar-refractivity contribution in [2.24, 2.45) is 11.8 Å². The van der Waals surface area contributed by atoms with Gasteiger partial charge in [0.05, 0.1) is 46.6 Å². The van der Waals surface area contributed by atoms with Crippen LogP contribution in [-0.2, 0) is 25.4 Å². The number of ether oxygens (including phenoxy) is 8. The van der Waals surface area contributed by atoms with Gasteiger partial charge in [-0.25, -0.2) is 0 Å². The molecule has 0 spiro atoms. The van der Waals surface area contributed by atoms with E-state index in [1.807, 2.05) is 12.1 Å². The lowest BCUT2D eigenvalue weighted by Crippen LogP contribution is -2.59. The zero-order valence-corrected chi connectivity index (χ0v) is 22.8. The number of carbonyl (C=O) groups is 1. The number of esters is 1. The van der Waals surface area contributed by atoms with Gasteiger partial charge in [0.15, 0.2) is 29.3 Å². The first kappa shape index (κ1) is 29.2. The molecule has 224 valence electrons. The van der Waals surface area contributed by atoms with Crippen molar-refractivity contribution < 1.29 is 63.1 Å². The van der Waals surface area contributed by atoms with E-state index in [-0.39, 0.29) is 13.4 Å². The van der Waals surface area contributed by atoms with Crippen LogP contribution < -0.4 is 23.7 Å². The third kappa shape index (κ3) is 5.61. The molecule has 2 aromatic rings. The van der Waals surface area contributed by atoms with E-state index in [9.17, 15) is 25.2 Å². The van der Waals surface area contributed by atoms with Crippen LogP contribution in [0.3, 0.4) is 0 Å². The summed E-state index contributed by atoms with van der Waals surface area (Å²) in [5.41, 5.74) is 1.29. The van der Waals surface area contributed by atoms with Gasteiger partial charge in [-0.05, 0) is 41.8 Å². The van der Waals surface area contributed by atoms with E-state index < -0.39 is 61.2 Å². The molecule has 4 N–H and O–H groups in total. The molecule has 2 fully saturated rings. The average molecular weight is 579 g/mol. The van der Waals surface area contributed by atoms with E-state index in [1.54, 1.807) is 18.2 Å². The lowest BCUT2D eigenvalue weighted by molar-refractivity contribution is -0.316. The third-order valence-electron chi connectivity index (χ3n) is 7.63. The van der Waals surface area contributed by atoms with Crippen LogP contribution >= 0.6 is 0 Å². The van der Waals surface area contributed by atoms with Crippen LogP contribution in [0.4, 0.5) is 0 Å². The first-order valence-corrected chi connectivity index (χ1v) is 13.1. The predicted molar refractivity (Wildman–Crippen MR) is 138 cm³/mol. The second-order valence-electron chi connectivity index (χ2n) is 10.0. The van der Waals surface area contributed by atoms with E-state index in [0.29, 0.717) is 40.7 Å². The van der Waals surface area contributed by atoms with Gasteiger partial charge in [-0.1, -0.05) is 6.07 Å². The highest BCUT2D eigenvalue weighted by Crippen LogP contribution is 2.46. The smallest absolute Gasteiger partial charge is 0.312 e. The number of carbonyl (C=O) groups excluding carboxylic acids is 1. The van der Waals surface area contributed by atoms with Gasteiger partial charge in [0, 0.05) is 5.92 Å². The molecule has 13 nitrogen and oxygen atoms in total. The summed E-state index contributed by atoms with van der Waals surface area (Å²) in [6.45, 7) is -0.419. The first-order chi connectivity index (χ1) is 19.8. The molecule has 0 aromatic heterocycles.